The SMILES string of the molecule is O=C1C=CC=C2C1=Cc1ccccc12.O=Cc1cccc2ccccc12. The van der Waals surface area contributed by atoms with Crippen LogP contribution in [0, 0.1) is 0 Å². The third kappa shape index (κ3) is 2.82. The van der Waals surface area contributed by atoms with E-state index in [0.29, 0.717) is 0 Å². The van der Waals surface area contributed by atoms with E-state index >= 15 is 0 Å². The highest BCUT2D eigenvalue weighted by molar-refractivity contribution is 6.23. The summed E-state index contributed by atoms with van der Waals surface area (Å²) < 4.78 is 0. The van der Waals surface area contributed by atoms with E-state index in [4.69, 9.17) is 0 Å². The lowest BCUT2D eigenvalue weighted by Gasteiger charge is -2.06. The molecule has 0 saturated carbocycles. The van der Waals surface area contributed by atoms with Gasteiger partial charge < -0.3 is 0 Å². The van der Waals surface area contributed by atoms with Crippen molar-refractivity contribution >= 4 is 34.5 Å². The quantitative estimate of drug-likeness (QED) is 0.568. The third-order valence-corrected chi connectivity index (χ3v) is 4.57. The Kier molecular flexibility index (Phi) is 4.16. The summed E-state index contributed by atoms with van der Waals surface area (Å²) in [5.41, 5.74) is 4.96. The Hall–Kier alpha value is -3.52. The molecule has 0 fully saturated rings. The van der Waals surface area contributed by atoms with Crippen LogP contribution in [0.4, 0.5) is 0 Å². The molecule has 0 N–H and O–H groups in total. The second-order valence-corrected chi connectivity index (χ2v) is 6.14. The zero-order valence-electron chi connectivity index (χ0n) is 14.1. The van der Waals surface area contributed by atoms with Crippen molar-refractivity contribution in [3.8, 4) is 0 Å². The van der Waals surface area contributed by atoms with Gasteiger partial charge in [-0.25, -0.2) is 0 Å². The summed E-state index contributed by atoms with van der Waals surface area (Å²) in [4.78, 5) is 22.2. The molecule has 0 radical (unpaired) electrons. The normalized spacial score (nSPS) is 13.9. The van der Waals surface area contributed by atoms with E-state index in [0.717, 1.165) is 39.3 Å². The summed E-state index contributed by atoms with van der Waals surface area (Å²) >= 11 is 0. The zero-order chi connectivity index (χ0) is 17.9. The molecule has 2 nitrogen and oxygen atoms in total. The highest BCUT2D eigenvalue weighted by atomic mass is 16.1. The topological polar surface area (TPSA) is 34.1 Å². The summed E-state index contributed by atoms with van der Waals surface area (Å²) in [7, 11) is 0. The number of carbonyl (C=O) groups is 2. The highest BCUT2D eigenvalue weighted by Crippen LogP contribution is 2.37. The molecule has 0 amide bonds. The number of hydrogen-bond donors (Lipinski definition) is 0. The third-order valence-electron chi connectivity index (χ3n) is 4.57. The van der Waals surface area contributed by atoms with Crippen LogP contribution in [0.3, 0.4) is 0 Å². The molecular weight excluding hydrogens is 320 g/mol. The number of aldehydes is 1. The van der Waals surface area contributed by atoms with Gasteiger partial charge in [-0.3, -0.25) is 9.59 Å². The van der Waals surface area contributed by atoms with Gasteiger partial charge in [-0.05, 0) is 39.6 Å². The predicted molar refractivity (Wildman–Crippen MR) is 106 cm³/mol. The number of hydrogen-bond acceptors (Lipinski definition) is 2. The standard InChI is InChI=1S/C13H8O.C11H8O/c14-13-7-3-6-11-10-5-2-1-4-9(10)8-12(11)13;12-8-10-6-3-5-9-4-1-2-7-11(9)10/h1-8H;1-8H. The van der Waals surface area contributed by atoms with E-state index in [9.17, 15) is 9.59 Å². The van der Waals surface area contributed by atoms with Gasteiger partial charge in [0.05, 0.1) is 0 Å². The smallest absolute Gasteiger partial charge is 0.186 e. The fraction of sp³-hybridized carbons (Fsp3) is 0. The molecule has 5 rings (SSSR count). The molecular formula is C24H16O2. The molecule has 0 aliphatic heterocycles. The fourth-order valence-electron chi connectivity index (χ4n) is 3.30. The van der Waals surface area contributed by atoms with Gasteiger partial charge in [0.15, 0.2) is 12.1 Å². The molecule has 0 unspecified atom stereocenters. The zero-order valence-corrected chi connectivity index (χ0v) is 14.1. The number of allylic oxidation sites excluding steroid dienone is 5. The van der Waals surface area contributed by atoms with Crippen molar-refractivity contribution in [3.05, 3.63) is 107 Å². The van der Waals surface area contributed by atoms with Crippen molar-refractivity contribution in [1.82, 2.24) is 0 Å². The van der Waals surface area contributed by atoms with E-state index in [2.05, 4.69) is 6.07 Å². The van der Waals surface area contributed by atoms with Crippen LogP contribution in [0.2, 0.25) is 0 Å². The first-order valence-electron chi connectivity index (χ1n) is 8.45. The van der Waals surface area contributed by atoms with Crippen molar-refractivity contribution in [3.63, 3.8) is 0 Å². The molecule has 3 aromatic rings. The van der Waals surface area contributed by atoms with Crippen LogP contribution < -0.4 is 0 Å². The van der Waals surface area contributed by atoms with Gasteiger partial charge in [0, 0.05) is 11.1 Å². The summed E-state index contributed by atoms with van der Waals surface area (Å²) in [6, 6.07) is 21.7. The first-order valence-corrected chi connectivity index (χ1v) is 8.45. The van der Waals surface area contributed by atoms with Crippen LogP contribution in [0.5, 0.6) is 0 Å². The fourth-order valence-corrected chi connectivity index (χ4v) is 3.30. The molecule has 2 aliphatic carbocycles. The average molecular weight is 336 g/mol. The Morgan fingerprint density at radius 2 is 1.54 bits per heavy atom. The Morgan fingerprint density at radius 3 is 2.42 bits per heavy atom. The van der Waals surface area contributed by atoms with Crippen molar-refractivity contribution in [2.45, 2.75) is 0 Å². The largest absolute Gasteiger partial charge is 0.298 e. The maximum absolute atomic E-state index is 11.5. The molecule has 0 spiro atoms. The molecule has 3 aromatic carbocycles. The Labute approximate surface area is 151 Å². The average Bonchev–Trinajstić information content (AvgIpc) is 3.08. The van der Waals surface area contributed by atoms with Gasteiger partial charge in [-0.1, -0.05) is 78.9 Å². The van der Waals surface area contributed by atoms with Gasteiger partial charge in [0.2, 0.25) is 0 Å². The molecule has 0 heterocycles. The van der Waals surface area contributed by atoms with E-state index < -0.39 is 0 Å². The van der Waals surface area contributed by atoms with Gasteiger partial charge in [-0.2, -0.15) is 0 Å². The lowest BCUT2D eigenvalue weighted by atomic mass is 9.96. The van der Waals surface area contributed by atoms with Crippen molar-refractivity contribution < 1.29 is 9.59 Å². The Morgan fingerprint density at radius 1 is 0.769 bits per heavy atom. The van der Waals surface area contributed by atoms with E-state index in [-0.39, 0.29) is 5.78 Å². The summed E-state index contributed by atoms with van der Waals surface area (Å²) in [6.45, 7) is 0. The van der Waals surface area contributed by atoms with Crippen molar-refractivity contribution in [1.29, 1.82) is 0 Å². The molecule has 26 heavy (non-hydrogen) atoms. The number of fused-ring (bicyclic) bond motifs is 4. The number of ketones is 1. The predicted octanol–water partition coefficient (Wildman–Crippen LogP) is 5.26. The number of benzene rings is 3. The summed E-state index contributed by atoms with van der Waals surface area (Å²) in [6.07, 6.45) is 8.28. The first kappa shape index (κ1) is 16.0. The maximum atomic E-state index is 11.5. The molecule has 2 aliphatic rings. The molecule has 124 valence electrons. The van der Waals surface area contributed by atoms with Gasteiger partial charge in [0.1, 0.15) is 0 Å². The number of carbonyl (C=O) groups excluding carboxylic acids is 2. The van der Waals surface area contributed by atoms with Gasteiger partial charge in [0.25, 0.3) is 0 Å². The lowest BCUT2D eigenvalue weighted by molar-refractivity contribution is -0.110. The van der Waals surface area contributed by atoms with Crippen molar-refractivity contribution in [2.75, 3.05) is 0 Å². The van der Waals surface area contributed by atoms with Crippen LogP contribution in [0.1, 0.15) is 21.5 Å². The molecule has 2 heteroatoms. The lowest BCUT2D eigenvalue weighted by Crippen LogP contribution is -2.00. The van der Waals surface area contributed by atoms with Gasteiger partial charge in [-0.15, -0.1) is 0 Å². The molecule has 0 bridgehead atoms. The Balaban J connectivity index is 0.000000131. The van der Waals surface area contributed by atoms with Crippen LogP contribution in [-0.2, 0) is 4.79 Å². The van der Waals surface area contributed by atoms with Crippen LogP contribution in [0.25, 0.3) is 22.4 Å². The molecule has 0 saturated heterocycles. The summed E-state index contributed by atoms with van der Waals surface area (Å²) in [5, 5.41) is 2.14. The first-order chi connectivity index (χ1) is 12.8. The maximum Gasteiger partial charge on any atom is 0.186 e. The minimum absolute atomic E-state index is 0.110. The monoisotopic (exact) mass is 336 g/mol. The van der Waals surface area contributed by atoms with Gasteiger partial charge >= 0.3 is 0 Å². The van der Waals surface area contributed by atoms with Crippen LogP contribution >= 0.6 is 0 Å². The minimum atomic E-state index is 0.110. The Bertz CT molecular complexity index is 1110. The van der Waals surface area contributed by atoms with Crippen LogP contribution in [0.15, 0.2) is 90.5 Å². The van der Waals surface area contributed by atoms with E-state index in [1.54, 1.807) is 6.08 Å². The van der Waals surface area contributed by atoms with E-state index in [1.165, 1.54) is 5.56 Å². The van der Waals surface area contributed by atoms with E-state index in [1.807, 2.05) is 78.9 Å². The van der Waals surface area contributed by atoms with Crippen molar-refractivity contribution in [2.24, 2.45) is 0 Å². The minimum Gasteiger partial charge on any atom is -0.298 e. The number of rotatable bonds is 1. The van der Waals surface area contributed by atoms with Crippen LogP contribution in [-0.4, -0.2) is 12.1 Å². The summed E-state index contributed by atoms with van der Waals surface area (Å²) in [5.74, 6) is 0.110. The molecule has 0 aromatic heterocycles. The highest BCUT2D eigenvalue weighted by Gasteiger charge is 2.23. The second-order valence-electron chi connectivity index (χ2n) is 6.14. The molecule has 0 atom stereocenters. The second kappa shape index (κ2) is 6.77.